The van der Waals surface area contributed by atoms with Gasteiger partial charge in [0.2, 0.25) is 0 Å². The van der Waals surface area contributed by atoms with Crippen molar-refractivity contribution in [3.63, 3.8) is 0 Å². The normalized spacial score (nSPS) is 18.6. The van der Waals surface area contributed by atoms with Gasteiger partial charge in [-0.15, -0.1) is 0 Å². The van der Waals surface area contributed by atoms with Gasteiger partial charge in [0.05, 0.1) is 0 Å². The first-order valence-corrected chi connectivity index (χ1v) is 8.14. The van der Waals surface area contributed by atoms with Crippen LogP contribution in [0.4, 0.5) is 0 Å². The minimum absolute atomic E-state index is 0.318. The molecule has 0 aromatic heterocycles. The first-order chi connectivity index (χ1) is 8.53. The lowest BCUT2D eigenvalue weighted by Gasteiger charge is -2.13. The Morgan fingerprint density at radius 3 is 2.33 bits per heavy atom. The van der Waals surface area contributed by atoms with E-state index in [4.69, 9.17) is 5.73 Å². The first kappa shape index (κ1) is 13.8. The predicted octanol–water partition coefficient (Wildman–Crippen LogP) is 2.68. The molecule has 0 saturated heterocycles. The summed E-state index contributed by atoms with van der Waals surface area (Å²) in [5.74, 6) is 1.52. The summed E-state index contributed by atoms with van der Waals surface area (Å²) in [7, 11) is -0.752. The maximum atomic E-state index is 12.2. The Morgan fingerprint density at radius 1 is 1.22 bits per heavy atom. The Hall–Kier alpha value is -0.670. The van der Waals surface area contributed by atoms with E-state index in [-0.39, 0.29) is 0 Å². The molecule has 0 amide bonds. The van der Waals surface area contributed by atoms with Gasteiger partial charge in [0, 0.05) is 22.3 Å². The van der Waals surface area contributed by atoms with Gasteiger partial charge >= 0.3 is 0 Å². The van der Waals surface area contributed by atoms with Gasteiger partial charge in [0.25, 0.3) is 0 Å². The number of hydrogen-bond acceptors (Lipinski definition) is 2. The van der Waals surface area contributed by atoms with Gasteiger partial charge in [-0.05, 0) is 50.6 Å². The van der Waals surface area contributed by atoms with Gasteiger partial charge in [0.15, 0.2) is 0 Å². The Morgan fingerprint density at radius 2 is 1.83 bits per heavy atom. The molecule has 1 aliphatic carbocycles. The molecular weight excluding hydrogens is 242 g/mol. The van der Waals surface area contributed by atoms with Crippen LogP contribution in [0.1, 0.15) is 36.0 Å². The molecule has 1 aromatic carbocycles. The van der Waals surface area contributed by atoms with Crippen LogP contribution >= 0.6 is 0 Å². The van der Waals surface area contributed by atoms with Gasteiger partial charge in [-0.2, -0.15) is 0 Å². The summed E-state index contributed by atoms with van der Waals surface area (Å²) < 4.78 is 12.2. The molecule has 18 heavy (non-hydrogen) atoms. The number of nitrogens with two attached hydrogens (primary N) is 1. The molecule has 1 fully saturated rings. The molecule has 0 radical (unpaired) electrons. The maximum Gasteiger partial charge on any atom is 0.0486 e. The molecule has 0 bridgehead atoms. The molecule has 1 atom stereocenters. The van der Waals surface area contributed by atoms with E-state index in [1.165, 1.54) is 29.5 Å². The topological polar surface area (TPSA) is 43.1 Å². The van der Waals surface area contributed by atoms with Crippen LogP contribution in [0.2, 0.25) is 0 Å². The summed E-state index contributed by atoms with van der Waals surface area (Å²) in [5, 5.41) is 0. The fraction of sp³-hybridized carbons (Fsp3) is 0.600. The molecule has 1 aliphatic rings. The lowest BCUT2D eigenvalue weighted by atomic mass is 10.1. The first-order valence-electron chi connectivity index (χ1n) is 6.65. The molecule has 2 rings (SSSR count). The second-order valence-corrected chi connectivity index (χ2v) is 7.22. The predicted molar refractivity (Wildman–Crippen MR) is 78.0 cm³/mol. The van der Waals surface area contributed by atoms with Gasteiger partial charge in [-0.25, -0.2) is 0 Å². The lowest BCUT2D eigenvalue weighted by Crippen LogP contribution is -2.17. The van der Waals surface area contributed by atoms with Gasteiger partial charge in [0.1, 0.15) is 0 Å². The minimum atomic E-state index is -0.752. The van der Waals surface area contributed by atoms with Crippen LogP contribution in [0, 0.1) is 19.3 Å². The van der Waals surface area contributed by atoms with Crippen molar-refractivity contribution >= 4 is 10.8 Å². The van der Waals surface area contributed by atoms with Crippen molar-refractivity contribution in [3.8, 4) is 0 Å². The number of benzene rings is 1. The quantitative estimate of drug-likeness (QED) is 0.859. The van der Waals surface area contributed by atoms with Crippen molar-refractivity contribution in [1.82, 2.24) is 0 Å². The SMILES string of the molecule is Cc1cc(C)cc(CS(=O)CC2(CCN)CC2)c1. The zero-order valence-corrected chi connectivity index (χ0v) is 12.2. The lowest BCUT2D eigenvalue weighted by molar-refractivity contribution is 0.529. The zero-order chi connectivity index (χ0) is 13.2. The van der Waals surface area contributed by atoms with Crippen LogP contribution in [0.5, 0.6) is 0 Å². The standard InChI is InChI=1S/C15H23NOS/c1-12-7-13(2)9-14(8-12)10-18(17)11-15(3-4-15)5-6-16/h7-9H,3-6,10-11,16H2,1-2H3. The summed E-state index contributed by atoms with van der Waals surface area (Å²) in [6, 6.07) is 6.45. The van der Waals surface area contributed by atoms with E-state index in [0.717, 1.165) is 18.7 Å². The van der Waals surface area contributed by atoms with Crippen LogP contribution in [0.3, 0.4) is 0 Å². The van der Waals surface area contributed by atoms with Crippen LogP contribution in [0.25, 0.3) is 0 Å². The maximum absolute atomic E-state index is 12.2. The van der Waals surface area contributed by atoms with E-state index in [0.29, 0.717) is 11.2 Å². The summed E-state index contributed by atoms with van der Waals surface area (Å²) in [6.45, 7) is 4.91. The fourth-order valence-corrected chi connectivity index (χ4v) is 4.44. The van der Waals surface area contributed by atoms with Crippen molar-refractivity contribution in [2.45, 2.75) is 38.9 Å². The highest BCUT2D eigenvalue weighted by atomic mass is 32.2. The molecule has 0 spiro atoms. The van der Waals surface area contributed by atoms with Crippen LogP contribution in [-0.2, 0) is 16.6 Å². The van der Waals surface area contributed by atoms with Gasteiger partial charge in [-0.3, -0.25) is 4.21 Å². The second kappa shape index (κ2) is 5.54. The molecule has 2 nitrogen and oxygen atoms in total. The van der Waals surface area contributed by atoms with E-state index < -0.39 is 10.8 Å². The number of rotatable bonds is 6. The fourth-order valence-electron chi connectivity index (χ4n) is 2.68. The minimum Gasteiger partial charge on any atom is -0.330 e. The zero-order valence-electron chi connectivity index (χ0n) is 11.4. The summed E-state index contributed by atoms with van der Waals surface area (Å²) in [5.41, 5.74) is 9.65. The Bertz CT molecular complexity index is 432. The highest BCUT2D eigenvalue weighted by molar-refractivity contribution is 7.84. The molecule has 3 heteroatoms. The van der Waals surface area contributed by atoms with Crippen LogP contribution in [-0.4, -0.2) is 16.5 Å². The van der Waals surface area contributed by atoms with E-state index in [9.17, 15) is 4.21 Å². The molecule has 1 aromatic rings. The average Bonchev–Trinajstić information content (AvgIpc) is 2.95. The van der Waals surface area contributed by atoms with Crippen molar-refractivity contribution in [2.24, 2.45) is 11.1 Å². The highest BCUT2D eigenvalue weighted by Crippen LogP contribution is 2.49. The van der Waals surface area contributed by atoms with Crippen LogP contribution < -0.4 is 5.73 Å². The molecule has 100 valence electrons. The monoisotopic (exact) mass is 265 g/mol. The third kappa shape index (κ3) is 3.66. The molecule has 0 heterocycles. The summed E-state index contributed by atoms with van der Waals surface area (Å²) >= 11 is 0. The Balaban J connectivity index is 1.95. The van der Waals surface area contributed by atoms with Crippen molar-refractivity contribution in [3.05, 3.63) is 34.9 Å². The van der Waals surface area contributed by atoms with Gasteiger partial charge in [-0.1, -0.05) is 29.3 Å². The van der Waals surface area contributed by atoms with E-state index in [1.54, 1.807) is 0 Å². The molecule has 1 saturated carbocycles. The largest absolute Gasteiger partial charge is 0.330 e. The average molecular weight is 265 g/mol. The number of aryl methyl sites for hydroxylation is 2. The molecular formula is C15H23NOS. The highest BCUT2D eigenvalue weighted by Gasteiger charge is 2.42. The Kier molecular flexibility index (Phi) is 4.23. The molecule has 2 N–H and O–H groups in total. The third-order valence-corrected chi connectivity index (χ3v) is 5.30. The smallest absolute Gasteiger partial charge is 0.0486 e. The third-order valence-electron chi connectivity index (χ3n) is 3.71. The summed E-state index contributed by atoms with van der Waals surface area (Å²) in [4.78, 5) is 0. The van der Waals surface area contributed by atoms with Crippen molar-refractivity contribution < 1.29 is 4.21 Å². The summed E-state index contributed by atoms with van der Waals surface area (Å²) in [6.07, 6.45) is 3.46. The van der Waals surface area contributed by atoms with Crippen molar-refractivity contribution in [2.75, 3.05) is 12.3 Å². The van der Waals surface area contributed by atoms with E-state index >= 15 is 0 Å². The Labute approximate surface area is 112 Å². The van der Waals surface area contributed by atoms with E-state index in [2.05, 4.69) is 32.0 Å². The van der Waals surface area contributed by atoms with Crippen LogP contribution in [0.15, 0.2) is 18.2 Å². The van der Waals surface area contributed by atoms with Crippen molar-refractivity contribution in [1.29, 1.82) is 0 Å². The van der Waals surface area contributed by atoms with E-state index in [1.807, 2.05) is 0 Å². The molecule has 1 unspecified atom stereocenters. The number of hydrogen-bond donors (Lipinski definition) is 1. The second-order valence-electron chi connectivity index (χ2n) is 5.76. The molecule has 0 aliphatic heterocycles. The van der Waals surface area contributed by atoms with Gasteiger partial charge < -0.3 is 5.73 Å².